The zero-order valence-electron chi connectivity index (χ0n) is 10.3. The summed E-state index contributed by atoms with van der Waals surface area (Å²) in [5.41, 5.74) is 1.77. The molecule has 1 aromatic carbocycles. The van der Waals surface area contributed by atoms with Crippen molar-refractivity contribution in [2.24, 2.45) is 0 Å². The molecule has 0 aliphatic heterocycles. The van der Waals surface area contributed by atoms with Crippen molar-refractivity contribution in [3.8, 4) is 11.8 Å². The molecule has 0 atom stereocenters. The van der Waals surface area contributed by atoms with Gasteiger partial charge in [-0.25, -0.2) is 0 Å². The molecule has 0 aromatic heterocycles. The second kappa shape index (κ2) is 5.00. The highest BCUT2D eigenvalue weighted by Crippen LogP contribution is 2.18. The van der Waals surface area contributed by atoms with Crippen molar-refractivity contribution >= 4 is 0 Å². The molecule has 0 saturated heterocycles. The molecule has 0 spiro atoms. The van der Waals surface area contributed by atoms with Crippen LogP contribution in [0.2, 0.25) is 0 Å². The third-order valence-electron chi connectivity index (χ3n) is 2.47. The lowest BCUT2D eigenvalue weighted by molar-refractivity contribution is 0.411. The molecule has 0 saturated carbocycles. The molecule has 0 bridgehead atoms. The van der Waals surface area contributed by atoms with E-state index in [1.165, 1.54) is 0 Å². The Morgan fingerprint density at radius 1 is 1.44 bits per heavy atom. The lowest BCUT2D eigenvalue weighted by atomic mass is 10.1. The third-order valence-corrected chi connectivity index (χ3v) is 2.47. The lowest BCUT2D eigenvalue weighted by Crippen LogP contribution is -2.36. The normalized spacial score (nSPS) is 10.9. The average molecular weight is 218 g/mol. The lowest BCUT2D eigenvalue weighted by Gasteiger charge is -2.17. The van der Waals surface area contributed by atoms with E-state index in [0.29, 0.717) is 6.54 Å². The molecule has 0 heterocycles. The summed E-state index contributed by atoms with van der Waals surface area (Å²) < 4.78 is 5.19. The molecule has 0 unspecified atom stereocenters. The maximum atomic E-state index is 8.88. The minimum absolute atomic E-state index is 0.492. The van der Waals surface area contributed by atoms with Gasteiger partial charge < -0.3 is 4.74 Å². The molecule has 3 heteroatoms. The largest absolute Gasteiger partial charge is 0.496 e. The number of ether oxygens (including phenoxy) is 1. The smallest absolute Gasteiger partial charge is 0.121 e. The van der Waals surface area contributed by atoms with Gasteiger partial charge in [-0.15, -0.1) is 0 Å². The first-order valence-electron chi connectivity index (χ1n) is 5.28. The number of aryl methyl sites for hydroxylation is 1. The molecule has 1 aromatic rings. The fourth-order valence-corrected chi connectivity index (χ4v) is 1.41. The Labute approximate surface area is 97.0 Å². The number of rotatable bonds is 4. The van der Waals surface area contributed by atoms with Gasteiger partial charge in [0.25, 0.3) is 0 Å². The molecule has 0 radical (unpaired) electrons. The van der Waals surface area contributed by atoms with Gasteiger partial charge in [0.15, 0.2) is 0 Å². The minimum atomic E-state index is -0.492. The Balaban J connectivity index is 2.70. The highest BCUT2D eigenvalue weighted by atomic mass is 16.5. The number of hydrogen-bond donors (Lipinski definition) is 1. The summed E-state index contributed by atoms with van der Waals surface area (Å²) in [4.78, 5) is 0. The van der Waals surface area contributed by atoms with Crippen molar-refractivity contribution in [3.63, 3.8) is 0 Å². The minimum Gasteiger partial charge on any atom is -0.496 e. The second-order valence-corrected chi connectivity index (χ2v) is 4.39. The number of nitrogens with one attached hydrogen (secondary N) is 1. The van der Waals surface area contributed by atoms with E-state index in [9.17, 15) is 0 Å². The van der Waals surface area contributed by atoms with Crippen LogP contribution in [0, 0.1) is 18.3 Å². The molecule has 0 aliphatic carbocycles. The number of methoxy groups -OCH3 is 1. The van der Waals surface area contributed by atoms with Crippen LogP contribution in [-0.4, -0.2) is 12.6 Å². The average Bonchev–Trinajstić information content (AvgIpc) is 2.27. The molecule has 0 amide bonds. The van der Waals surface area contributed by atoms with Gasteiger partial charge in [-0.05, 0) is 38.0 Å². The van der Waals surface area contributed by atoms with Crippen molar-refractivity contribution in [2.45, 2.75) is 32.9 Å². The SMILES string of the molecule is COc1ccc(CNC(C)(C)C#N)cc1C. The predicted molar refractivity (Wildman–Crippen MR) is 64.3 cm³/mol. The Kier molecular flexibility index (Phi) is 3.92. The van der Waals surface area contributed by atoms with E-state index in [-0.39, 0.29) is 0 Å². The summed E-state index contributed by atoms with van der Waals surface area (Å²) in [6, 6.07) is 8.24. The van der Waals surface area contributed by atoms with Crippen LogP contribution in [0.5, 0.6) is 5.75 Å². The summed E-state index contributed by atoms with van der Waals surface area (Å²) in [7, 11) is 1.67. The van der Waals surface area contributed by atoms with E-state index in [1.54, 1.807) is 7.11 Å². The van der Waals surface area contributed by atoms with Gasteiger partial charge in [0.05, 0.1) is 13.2 Å². The molecule has 86 valence electrons. The van der Waals surface area contributed by atoms with Crippen molar-refractivity contribution in [3.05, 3.63) is 29.3 Å². The van der Waals surface area contributed by atoms with Gasteiger partial charge in [0.1, 0.15) is 11.3 Å². The fourth-order valence-electron chi connectivity index (χ4n) is 1.41. The maximum absolute atomic E-state index is 8.88. The topological polar surface area (TPSA) is 45.0 Å². The van der Waals surface area contributed by atoms with E-state index in [1.807, 2.05) is 32.9 Å². The van der Waals surface area contributed by atoms with Gasteiger partial charge in [-0.1, -0.05) is 12.1 Å². The van der Waals surface area contributed by atoms with Gasteiger partial charge in [-0.3, -0.25) is 5.32 Å². The number of nitrogens with zero attached hydrogens (tertiary/aromatic N) is 1. The van der Waals surface area contributed by atoms with E-state index in [0.717, 1.165) is 16.9 Å². The van der Waals surface area contributed by atoms with E-state index >= 15 is 0 Å². The standard InChI is InChI=1S/C13H18N2O/c1-10-7-11(5-6-12(10)16-4)8-15-13(2,3)9-14/h5-7,15H,8H2,1-4H3. The third kappa shape index (κ3) is 3.25. The first-order valence-corrected chi connectivity index (χ1v) is 5.28. The number of nitriles is 1. The molecule has 0 aliphatic rings. The van der Waals surface area contributed by atoms with Crippen LogP contribution < -0.4 is 10.1 Å². The van der Waals surface area contributed by atoms with E-state index in [2.05, 4.69) is 17.5 Å². The number of hydrogen-bond acceptors (Lipinski definition) is 3. The van der Waals surface area contributed by atoms with E-state index in [4.69, 9.17) is 10.00 Å². The molecule has 0 fully saturated rings. The summed E-state index contributed by atoms with van der Waals surface area (Å²) in [6.07, 6.45) is 0. The van der Waals surface area contributed by atoms with Crippen molar-refractivity contribution < 1.29 is 4.74 Å². The quantitative estimate of drug-likeness (QED) is 0.844. The maximum Gasteiger partial charge on any atom is 0.121 e. The van der Waals surface area contributed by atoms with Gasteiger partial charge in [0, 0.05) is 6.54 Å². The second-order valence-electron chi connectivity index (χ2n) is 4.39. The number of benzene rings is 1. The molecular weight excluding hydrogens is 200 g/mol. The predicted octanol–water partition coefficient (Wildman–Crippen LogP) is 2.40. The molecule has 3 nitrogen and oxygen atoms in total. The molecule has 1 N–H and O–H groups in total. The van der Waals surface area contributed by atoms with Crippen LogP contribution in [0.4, 0.5) is 0 Å². The van der Waals surface area contributed by atoms with Crippen LogP contribution in [-0.2, 0) is 6.54 Å². The highest BCUT2D eigenvalue weighted by Gasteiger charge is 2.14. The van der Waals surface area contributed by atoms with Crippen molar-refractivity contribution in [2.75, 3.05) is 7.11 Å². The van der Waals surface area contributed by atoms with Crippen molar-refractivity contribution in [1.29, 1.82) is 5.26 Å². The Morgan fingerprint density at radius 2 is 2.12 bits per heavy atom. The first-order chi connectivity index (χ1) is 7.48. The molecule has 16 heavy (non-hydrogen) atoms. The zero-order chi connectivity index (χ0) is 12.2. The van der Waals surface area contributed by atoms with Crippen LogP contribution in [0.1, 0.15) is 25.0 Å². The van der Waals surface area contributed by atoms with Gasteiger partial charge in [0.2, 0.25) is 0 Å². The highest BCUT2D eigenvalue weighted by molar-refractivity contribution is 5.36. The monoisotopic (exact) mass is 218 g/mol. The fraction of sp³-hybridized carbons (Fsp3) is 0.462. The molecular formula is C13H18N2O. The summed E-state index contributed by atoms with van der Waals surface area (Å²) >= 11 is 0. The summed E-state index contributed by atoms with van der Waals surface area (Å²) in [5.74, 6) is 0.892. The Morgan fingerprint density at radius 3 is 2.62 bits per heavy atom. The van der Waals surface area contributed by atoms with Crippen LogP contribution in [0.25, 0.3) is 0 Å². The summed E-state index contributed by atoms with van der Waals surface area (Å²) in [5, 5.41) is 12.1. The van der Waals surface area contributed by atoms with E-state index < -0.39 is 5.54 Å². The summed E-state index contributed by atoms with van der Waals surface area (Å²) in [6.45, 7) is 6.43. The Bertz CT molecular complexity index is 405. The molecule has 1 rings (SSSR count). The Hall–Kier alpha value is -1.53. The first kappa shape index (κ1) is 12.5. The van der Waals surface area contributed by atoms with Crippen LogP contribution in [0.15, 0.2) is 18.2 Å². The zero-order valence-corrected chi connectivity index (χ0v) is 10.3. The van der Waals surface area contributed by atoms with Gasteiger partial charge in [-0.2, -0.15) is 5.26 Å². The van der Waals surface area contributed by atoms with Crippen molar-refractivity contribution in [1.82, 2.24) is 5.32 Å². The van der Waals surface area contributed by atoms with Gasteiger partial charge >= 0.3 is 0 Å². The van der Waals surface area contributed by atoms with Crippen LogP contribution >= 0.6 is 0 Å². The van der Waals surface area contributed by atoms with Crippen LogP contribution in [0.3, 0.4) is 0 Å².